The number of sulfonamides is 1. The monoisotopic (exact) mass is 264 g/mol. The first kappa shape index (κ1) is 12.3. The molecule has 2 aromatic rings. The highest BCUT2D eigenvalue weighted by molar-refractivity contribution is 7.92. The number of aromatic hydroxyl groups is 1. The summed E-state index contributed by atoms with van der Waals surface area (Å²) in [6, 6.07) is 11.7. The van der Waals surface area contributed by atoms with Gasteiger partial charge < -0.3 is 10.8 Å². The van der Waals surface area contributed by atoms with Crippen LogP contribution in [0.2, 0.25) is 0 Å². The van der Waals surface area contributed by atoms with Crippen molar-refractivity contribution < 1.29 is 13.5 Å². The van der Waals surface area contributed by atoms with Crippen molar-refractivity contribution >= 4 is 21.4 Å². The Hall–Kier alpha value is -2.21. The van der Waals surface area contributed by atoms with Crippen molar-refractivity contribution in [2.75, 3.05) is 10.5 Å². The zero-order valence-corrected chi connectivity index (χ0v) is 10.2. The second-order valence-electron chi connectivity index (χ2n) is 3.72. The van der Waals surface area contributed by atoms with Crippen LogP contribution in [-0.4, -0.2) is 13.5 Å². The van der Waals surface area contributed by atoms with Gasteiger partial charge in [-0.2, -0.15) is 0 Å². The highest BCUT2D eigenvalue weighted by atomic mass is 32.2. The van der Waals surface area contributed by atoms with Crippen molar-refractivity contribution in [2.24, 2.45) is 0 Å². The van der Waals surface area contributed by atoms with Crippen LogP contribution in [0.3, 0.4) is 0 Å². The Morgan fingerprint density at radius 1 is 1.06 bits per heavy atom. The number of anilines is 2. The van der Waals surface area contributed by atoms with E-state index in [0.717, 1.165) is 0 Å². The van der Waals surface area contributed by atoms with Crippen molar-refractivity contribution in [3.05, 3.63) is 48.5 Å². The Balaban J connectivity index is 2.30. The average Bonchev–Trinajstić information content (AvgIpc) is 2.29. The largest absolute Gasteiger partial charge is 0.508 e. The minimum Gasteiger partial charge on any atom is -0.508 e. The van der Waals surface area contributed by atoms with Crippen LogP contribution in [0.15, 0.2) is 53.4 Å². The van der Waals surface area contributed by atoms with Crippen molar-refractivity contribution in [1.29, 1.82) is 0 Å². The number of hydrogen-bond acceptors (Lipinski definition) is 4. The molecule has 0 fully saturated rings. The fourth-order valence-corrected chi connectivity index (χ4v) is 2.48. The van der Waals surface area contributed by atoms with Crippen molar-refractivity contribution in [1.82, 2.24) is 0 Å². The van der Waals surface area contributed by atoms with Crippen LogP contribution in [-0.2, 0) is 10.0 Å². The average molecular weight is 264 g/mol. The molecule has 18 heavy (non-hydrogen) atoms. The van der Waals surface area contributed by atoms with Crippen LogP contribution in [0.25, 0.3) is 0 Å². The lowest BCUT2D eigenvalue weighted by molar-refractivity contribution is 0.475. The second-order valence-corrected chi connectivity index (χ2v) is 5.41. The van der Waals surface area contributed by atoms with E-state index in [2.05, 4.69) is 4.72 Å². The van der Waals surface area contributed by atoms with E-state index in [4.69, 9.17) is 5.73 Å². The van der Waals surface area contributed by atoms with Crippen LogP contribution in [0.5, 0.6) is 5.75 Å². The van der Waals surface area contributed by atoms with E-state index in [-0.39, 0.29) is 10.6 Å². The number of phenolic OH excluding ortho intramolecular Hbond substituents is 1. The zero-order valence-electron chi connectivity index (χ0n) is 9.37. The van der Waals surface area contributed by atoms with Gasteiger partial charge in [0.1, 0.15) is 5.75 Å². The first-order valence-corrected chi connectivity index (χ1v) is 6.63. The summed E-state index contributed by atoms with van der Waals surface area (Å²) in [4.78, 5) is 0.111. The lowest BCUT2D eigenvalue weighted by Crippen LogP contribution is -2.12. The Labute approximate surface area is 105 Å². The number of rotatable bonds is 3. The predicted molar refractivity (Wildman–Crippen MR) is 69.8 cm³/mol. The molecule has 0 unspecified atom stereocenters. The van der Waals surface area contributed by atoms with E-state index >= 15 is 0 Å². The summed E-state index contributed by atoms with van der Waals surface area (Å²) in [7, 11) is -3.66. The molecule has 0 atom stereocenters. The lowest BCUT2D eigenvalue weighted by Gasteiger charge is -2.08. The number of phenols is 1. The number of nitrogen functional groups attached to an aromatic ring is 1. The maximum Gasteiger partial charge on any atom is 0.261 e. The highest BCUT2D eigenvalue weighted by Crippen LogP contribution is 2.20. The van der Waals surface area contributed by atoms with Crippen molar-refractivity contribution in [2.45, 2.75) is 4.90 Å². The molecule has 6 heteroatoms. The molecular weight excluding hydrogens is 252 g/mol. The SMILES string of the molecule is Nc1ccc(S(=O)(=O)Nc2cccc(O)c2)cc1. The maximum atomic E-state index is 12.0. The standard InChI is InChI=1S/C12H12N2O3S/c13-9-4-6-12(7-5-9)18(16,17)14-10-2-1-3-11(15)8-10/h1-8,14-15H,13H2. The van der Waals surface area contributed by atoms with Crippen molar-refractivity contribution in [3.63, 3.8) is 0 Å². The van der Waals surface area contributed by atoms with Gasteiger partial charge in [-0.25, -0.2) is 8.42 Å². The third-order valence-electron chi connectivity index (χ3n) is 2.29. The molecule has 0 aromatic heterocycles. The quantitative estimate of drug-likeness (QED) is 0.737. The molecule has 0 amide bonds. The summed E-state index contributed by atoms with van der Waals surface area (Å²) in [5.74, 6) is -0.00694. The van der Waals surface area contributed by atoms with Gasteiger partial charge in [-0.1, -0.05) is 6.07 Å². The van der Waals surface area contributed by atoms with E-state index in [0.29, 0.717) is 11.4 Å². The van der Waals surface area contributed by atoms with Gasteiger partial charge in [0.25, 0.3) is 10.0 Å². The van der Waals surface area contributed by atoms with Crippen molar-refractivity contribution in [3.8, 4) is 5.75 Å². The van der Waals surface area contributed by atoms with Gasteiger partial charge in [0.05, 0.1) is 10.6 Å². The Bertz CT molecular complexity index is 651. The zero-order chi connectivity index (χ0) is 13.2. The molecule has 0 aliphatic rings. The smallest absolute Gasteiger partial charge is 0.261 e. The molecule has 0 aliphatic heterocycles. The minimum atomic E-state index is -3.66. The normalized spacial score (nSPS) is 11.1. The molecule has 0 saturated heterocycles. The summed E-state index contributed by atoms with van der Waals surface area (Å²) in [6.07, 6.45) is 0. The first-order valence-electron chi connectivity index (χ1n) is 5.15. The van der Waals surface area contributed by atoms with Gasteiger partial charge in [0.15, 0.2) is 0 Å². The second kappa shape index (κ2) is 4.58. The van der Waals surface area contributed by atoms with Gasteiger partial charge in [-0.15, -0.1) is 0 Å². The van der Waals surface area contributed by atoms with E-state index in [9.17, 15) is 13.5 Å². The number of benzene rings is 2. The van der Waals surface area contributed by atoms with Crippen LogP contribution >= 0.6 is 0 Å². The molecular formula is C12H12N2O3S. The van der Waals surface area contributed by atoms with Crippen LogP contribution < -0.4 is 10.5 Å². The molecule has 94 valence electrons. The summed E-state index contributed by atoms with van der Waals surface area (Å²) in [6.45, 7) is 0. The molecule has 0 saturated carbocycles. The first-order chi connectivity index (χ1) is 8.47. The summed E-state index contributed by atoms with van der Waals surface area (Å²) < 4.78 is 26.3. The molecule has 0 bridgehead atoms. The molecule has 2 aromatic carbocycles. The summed E-state index contributed by atoms with van der Waals surface area (Å²) in [5.41, 5.74) is 6.28. The summed E-state index contributed by atoms with van der Waals surface area (Å²) >= 11 is 0. The molecule has 0 aliphatic carbocycles. The number of hydrogen-bond donors (Lipinski definition) is 3. The maximum absolute atomic E-state index is 12.0. The Kier molecular flexibility index (Phi) is 3.12. The van der Waals surface area contributed by atoms with Crippen LogP contribution in [0.4, 0.5) is 11.4 Å². The molecule has 2 rings (SSSR count). The minimum absolute atomic E-state index is 0.00694. The van der Waals surface area contributed by atoms with Gasteiger partial charge in [0.2, 0.25) is 0 Å². The van der Waals surface area contributed by atoms with Crippen LogP contribution in [0.1, 0.15) is 0 Å². The highest BCUT2D eigenvalue weighted by Gasteiger charge is 2.13. The Morgan fingerprint density at radius 3 is 2.33 bits per heavy atom. The predicted octanol–water partition coefficient (Wildman–Crippen LogP) is 1.78. The molecule has 5 nitrogen and oxygen atoms in total. The molecule has 0 heterocycles. The van der Waals surface area contributed by atoms with Gasteiger partial charge in [-0.3, -0.25) is 4.72 Å². The molecule has 0 spiro atoms. The lowest BCUT2D eigenvalue weighted by atomic mass is 10.3. The molecule has 4 N–H and O–H groups in total. The third-order valence-corrected chi connectivity index (χ3v) is 3.69. The van der Waals surface area contributed by atoms with E-state index in [1.807, 2.05) is 0 Å². The van der Waals surface area contributed by atoms with Gasteiger partial charge >= 0.3 is 0 Å². The fourth-order valence-electron chi connectivity index (χ4n) is 1.43. The van der Waals surface area contributed by atoms with E-state index in [1.54, 1.807) is 12.1 Å². The topological polar surface area (TPSA) is 92.4 Å². The van der Waals surface area contributed by atoms with Gasteiger partial charge in [0, 0.05) is 11.8 Å². The van der Waals surface area contributed by atoms with E-state index in [1.165, 1.54) is 36.4 Å². The molecule has 0 radical (unpaired) electrons. The third kappa shape index (κ3) is 2.72. The fraction of sp³-hybridized carbons (Fsp3) is 0. The van der Waals surface area contributed by atoms with Gasteiger partial charge in [-0.05, 0) is 36.4 Å². The number of nitrogens with two attached hydrogens (primary N) is 1. The van der Waals surface area contributed by atoms with Crippen LogP contribution in [0, 0.1) is 0 Å². The number of nitrogens with one attached hydrogen (secondary N) is 1. The summed E-state index contributed by atoms with van der Waals surface area (Å²) in [5, 5.41) is 9.27. The van der Waals surface area contributed by atoms with E-state index < -0.39 is 10.0 Å². The Morgan fingerprint density at radius 2 is 1.72 bits per heavy atom.